The third kappa shape index (κ3) is 4.50. The number of likely N-dealkylation sites (N-methyl/N-ethyl adjacent to an activating group) is 1. The van der Waals surface area contributed by atoms with Gasteiger partial charge in [-0.2, -0.15) is 0 Å². The molecule has 3 heteroatoms. The molecule has 194 valence electrons. The van der Waals surface area contributed by atoms with Crippen LogP contribution in [0.3, 0.4) is 0 Å². The molecule has 1 heterocycles. The van der Waals surface area contributed by atoms with Crippen LogP contribution in [0.25, 0.3) is 0 Å². The van der Waals surface area contributed by atoms with Crippen molar-refractivity contribution in [2.75, 3.05) is 33.2 Å². The second kappa shape index (κ2) is 9.71. The van der Waals surface area contributed by atoms with Crippen molar-refractivity contribution in [3.63, 3.8) is 0 Å². The Morgan fingerprint density at radius 1 is 0.912 bits per heavy atom. The number of carbonyl (C=O) groups is 1. The molecule has 2 unspecified atom stereocenters. The van der Waals surface area contributed by atoms with Crippen LogP contribution in [0.15, 0.2) is 0 Å². The maximum atomic E-state index is 12.6. The summed E-state index contributed by atoms with van der Waals surface area (Å²) < 4.78 is 1.15. The summed E-state index contributed by atoms with van der Waals surface area (Å²) in [6, 6.07) is 0. The minimum absolute atomic E-state index is 0.296. The minimum Gasteiger partial charge on any atom is -0.350 e. The Balaban J connectivity index is 1.14. The highest BCUT2D eigenvalue weighted by atomic mass is 16.1. The first kappa shape index (κ1) is 25.1. The number of fused-ring (bicyclic) bond motifs is 5. The molecule has 0 bridgehead atoms. The van der Waals surface area contributed by atoms with Crippen molar-refractivity contribution in [1.82, 2.24) is 5.32 Å². The van der Waals surface area contributed by atoms with Crippen LogP contribution in [-0.2, 0) is 4.79 Å². The van der Waals surface area contributed by atoms with Crippen molar-refractivity contribution < 1.29 is 9.28 Å². The lowest BCUT2D eigenvalue weighted by Gasteiger charge is -2.61. The topological polar surface area (TPSA) is 29.1 Å². The first-order valence-corrected chi connectivity index (χ1v) is 15.4. The average molecular weight is 472 g/mol. The van der Waals surface area contributed by atoms with Gasteiger partial charge in [0.05, 0.1) is 33.2 Å². The summed E-state index contributed by atoms with van der Waals surface area (Å²) in [5.41, 5.74) is 1.18. The monoisotopic (exact) mass is 471 g/mol. The molecule has 5 fully saturated rings. The fraction of sp³-hybridized carbons (Fsp3) is 0.968. The molecule has 0 radical (unpaired) electrons. The lowest BCUT2D eigenvalue weighted by atomic mass is 9.44. The Kier molecular flexibility index (Phi) is 7.17. The predicted octanol–water partition coefficient (Wildman–Crippen LogP) is 6.81. The van der Waals surface area contributed by atoms with Crippen molar-refractivity contribution in [2.24, 2.45) is 46.3 Å². The Bertz CT molecular complexity index is 729. The van der Waals surface area contributed by atoms with Gasteiger partial charge in [-0.3, -0.25) is 4.79 Å². The van der Waals surface area contributed by atoms with Gasteiger partial charge in [0, 0.05) is 19.3 Å². The lowest BCUT2D eigenvalue weighted by molar-refractivity contribution is -0.896. The molecule has 5 aliphatic rings. The van der Waals surface area contributed by atoms with Gasteiger partial charge in [0.25, 0.3) is 0 Å². The molecule has 1 amide bonds. The number of hydrogen-bond acceptors (Lipinski definition) is 1. The van der Waals surface area contributed by atoms with Gasteiger partial charge in [-0.15, -0.1) is 0 Å². The number of carbonyl (C=O) groups excluding carboxylic acids is 1. The van der Waals surface area contributed by atoms with Crippen LogP contribution in [0.2, 0.25) is 0 Å². The zero-order chi connectivity index (χ0) is 24.0. The van der Waals surface area contributed by atoms with Crippen molar-refractivity contribution in [3.05, 3.63) is 0 Å². The van der Waals surface area contributed by atoms with Gasteiger partial charge < -0.3 is 9.80 Å². The predicted molar refractivity (Wildman–Crippen MR) is 141 cm³/mol. The Labute approximate surface area is 210 Å². The van der Waals surface area contributed by atoms with E-state index >= 15 is 0 Å². The van der Waals surface area contributed by atoms with E-state index in [0.29, 0.717) is 22.7 Å². The van der Waals surface area contributed by atoms with Crippen molar-refractivity contribution in [3.8, 4) is 0 Å². The second-order valence-electron chi connectivity index (χ2n) is 14.5. The summed E-state index contributed by atoms with van der Waals surface area (Å²) in [6.07, 6.45) is 19.4. The van der Waals surface area contributed by atoms with E-state index in [1.54, 1.807) is 0 Å². The van der Waals surface area contributed by atoms with E-state index < -0.39 is 0 Å². The number of quaternary nitrogens is 1. The SMILES string of the molecule is CC(CCC(=O)NCC[N+]1(C)CCCC1)[C@H]1CC[C@H]2[C@@H]3CCC4CCCC[C@]4(C)[C@H]3CC[C@]12C. The van der Waals surface area contributed by atoms with Gasteiger partial charge in [0.2, 0.25) is 5.91 Å². The molecule has 0 aromatic carbocycles. The Morgan fingerprint density at radius 2 is 1.68 bits per heavy atom. The van der Waals surface area contributed by atoms with Gasteiger partial charge >= 0.3 is 0 Å². The summed E-state index contributed by atoms with van der Waals surface area (Å²) in [6.45, 7) is 12.4. The maximum absolute atomic E-state index is 12.6. The zero-order valence-electron chi connectivity index (χ0n) is 23.0. The van der Waals surface area contributed by atoms with E-state index in [-0.39, 0.29) is 0 Å². The van der Waals surface area contributed by atoms with Gasteiger partial charge in [-0.25, -0.2) is 0 Å². The van der Waals surface area contributed by atoms with E-state index in [4.69, 9.17) is 0 Å². The standard InChI is InChI=1S/C31H54N2O/c1-23(10-15-29(34)32-19-22-33(4)20-7-8-21-33)26-13-14-27-25-12-11-24-9-5-6-17-30(24,2)28(25)16-18-31(26,27)3/h23-28H,5-22H2,1-4H3/p+1/t23?,24?,25-,26+,27-,28-,30-,31+/m0/s1. The highest BCUT2D eigenvalue weighted by Crippen LogP contribution is 2.68. The molecule has 0 spiro atoms. The number of hydrogen-bond donors (Lipinski definition) is 1. The van der Waals surface area contributed by atoms with E-state index in [9.17, 15) is 4.79 Å². The first-order valence-electron chi connectivity index (χ1n) is 15.4. The number of likely N-dealkylation sites (tertiary alicyclic amines) is 1. The highest BCUT2D eigenvalue weighted by Gasteiger charge is 2.60. The van der Waals surface area contributed by atoms with Gasteiger partial charge in [-0.05, 0) is 104 Å². The van der Waals surface area contributed by atoms with E-state index in [0.717, 1.165) is 60.0 Å². The summed E-state index contributed by atoms with van der Waals surface area (Å²) in [5, 5.41) is 3.26. The summed E-state index contributed by atoms with van der Waals surface area (Å²) in [7, 11) is 2.36. The lowest BCUT2D eigenvalue weighted by Crippen LogP contribution is -2.53. The normalized spacial score (nSPS) is 44.1. The Morgan fingerprint density at radius 3 is 2.47 bits per heavy atom. The number of nitrogens with one attached hydrogen (secondary N) is 1. The molecule has 8 atom stereocenters. The summed E-state index contributed by atoms with van der Waals surface area (Å²) >= 11 is 0. The highest BCUT2D eigenvalue weighted by molar-refractivity contribution is 5.75. The molecule has 1 N–H and O–H groups in total. The first-order chi connectivity index (χ1) is 16.3. The largest absolute Gasteiger partial charge is 0.350 e. The third-order valence-electron chi connectivity index (χ3n) is 12.8. The van der Waals surface area contributed by atoms with Crippen LogP contribution in [0.4, 0.5) is 0 Å². The molecule has 0 aromatic heterocycles. The molecule has 5 rings (SSSR count). The number of amides is 1. The smallest absolute Gasteiger partial charge is 0.220 e. The molecule has 1 saturated heterocycles. The molecule has 3 nitrogen and oxygen atoms in total. The summed E-state index contributed by atoms with van der Waals surface area (Å²) in [4.78, 5) is 12.6. The zero-order valence-corrected chi connectivity index (χ0v) is 23.0. The third-order valence-corrected chi connectivity index (χ3v) is 12.8. The van der Waals surface area contributed by atoms with E-state index in [2.05, 4.69) is 33.1 Å². The molecular weight excluding hydrogens is 416 g/mol. The van der Waals surface area contributed by atoms with Crippen molar-refractivity contribution in [2.45, 2.75) is 111 Å². The molecule has 4 saturated carbocycles. The maximum Gasteiger partial charge on any atom is 0.220 e. The fourth-order valence-electron chi connectivity index (χ4n) is 10.7. The molecule has 1 aliphatic heterocycles. The van der Waals surface area contributed by atoms with Crippen LogP contribution in [-0.4, -0.2) is 43.6 Å². The van der Waals surface area contributed by atoms with Crippen LogP contribution < -0.4 is 5.32 Å². The van der Waals surface area contributed by atoms with Crippen LogP contribution in [0, 0.1) is 46.3 Å². The van der Waals surface area contributed by atoms with E-state index in [1.807, 2.05) is 0 Å². The molecule has 0 aromatic rings. The Hall–Kier alpha value is -0.570. The van der Waals surface area contributed by atoms with Crippen LogP contribution in [0.5, 0.6) is 0 Å². The van der Waals surface area contributed by atoms with E-state index in [1.165, 1.54) is 90.1 Å². The van der Waals surface area contributed by atoms with Crippen LogP contribution >= 0.6 is 0 Å². The molecule has 4 aliphatic carbocycles. The van der Waals surface area contributed by atoms with Crippen molar-refractivity contribution in [1.29, 1.82) is 0 Å². The number of nitrogens with zero attached hydrogens (tertiary/aromatic N) is 1. The van der Waals surface area contributed by atoms with Gasteiger partial charge in [0.15, 0.2) is 0 Å². The minimum atomic E-state index is 0.296. The van der Waals surface area contributed by atoms with Crippen molar-refractivity contribution >= 4 is 5.91 Å². The quantitative estimate of drug-likeness (QED) is 0.406. The van der Waals surface area contributed by atoms with Gasteiger partial charge in [0.1, 0.15) is 0 Å². The fourth-order valence-corrected chi connectivity index (χ4v) is 10.7. The second-order valence-corrected chi connectivity index (χ2v) is 14.5. The number of rotatable bonds is 7. The molecular formula is C31H55N2O+. The van der Waals surface area contributed by atoms with Gasteiger partial charge in [-0.1, -0.05) is 33.6 Å². The van der Waals surface area contributed by atoms with Crippen LogP contribution in [0.1, 0.15) is 111 Å². The average Bonchev–Trinajstić information content (AvgIpc) is 3.40. The summed E-state index contributed by atoms with van der Waals surface area (Å²) in [5.74, 6) is 5.79. The molecule has 34 heavy (non-hydrogen) atoms.